The monoisotopic (exact) mass is 246 g/mol. The lowest BCUT2D eigenvalue weighted by Gasteiger charge is -2.21. The highest BCUT2D eigenvalue weighted by Crippen LogP contribution is 2.27. The van der Waals surface area contributed by atoms with E-state index in [9.17, 15) is 4.79 Å². The van der Waals surface area contributed by atoms with Gasteiger partial charge in [0.15, 0.2) is 5.78 Å². The van der Waals surface area contributed by atoms with Crippen LogP contribution in [0.5, 0.6) is 0 Å². The lowest BCUT2D eigenvalue weighted by atomic mass is 9.83. The first-order valence-electron chi connectivity index (χ1n) is 6.65. The molecule has 100 valence electrons. The zero-order chi connectivity index (χ0) is 14.1. The zero-order valence-electron chi connectivity index (χ0n) is 12.8. The lowest BCUT2D eigenvalue weighted by Crippen LogP contribution is -2.16. The van der Waals surface area contributed by atoms with Crippen LogP contribution in [0.25, 0.3) is 0 Å². The maximum atomic E-state index is 12.2. The summed E-state index contributed by atoms with van der Waals surface area (Å²) in [5, 5.41) is 0. The van der Waals surface area contributed by atoms with E-state index in [0.29, 0.717) is 6.42 Å². The van der Waals surface area contributed by atoms with Crippen molar-refractivity contribution in [1.29, 1.82) is 0 Å². The predicted molar refractivity (Wildman–Crippen MR) is 78.3 cm³/mol. The molecule has 1 aromatic rings. The van der Waals surface area contributed by atoms with Gasteiger partial charge in [0.25, 0.3) is 0 Å². The zero-order valence-corrected chi connectivity index (χ0v) is 12.8. The normalized spacial score (nSPS) is 12.6. The number of carbonyl (C=O) groups is 1. The van der Waals surface area contributed by atoms with Crippen LogP contribution >= 0.6 is 0 Å². The van der Waals surface area contributed by atoms with Gasteiger partial charge in [0.2, 0.25) is 0 Å². The number of Topliss-reactive ketones (excluding diaryl/α,β-unsaturated/α-hetero) is 1. The van der Waals surface area contributed by atoms with Crippen molar-refractivity contribution in [3.05, 3.63) is 34.9 Å². The van der Waals surface area contributed by atoms with Gasteiger partial charge in [-0.3, -0.25) is 4.79 Å². The Morgan fingerprint density at radius 3 is 2.00 bits per heavy atom. The molecule has 0 unspecified atom stereocenters. The standard InChI is InChI=1S/C17H26O/c1-12-10-13(17(5,6)7)8-9-14(12)15(18)11-16(2,3)4/h8-10H,11H2,1-7H3. The molecule has 0 saturated heterocycles. The van der Waals surface area contributed by atoms with E-state index in [4.69, 9.17) is 0 Å². The molecule has 1 rings (SSSR count). The largest absolute Gasteiger partial charge is 0.294 e. The molecule has 1 nitrogen and oxygen atoms in total. The molecule has 0 N–H and O–H groups in total. The SMILES string of the molecule is Cc1cc(C(C)(C)C)ccc1C(=O)CC(C)(C)C. The van der Waals surface area contributed by atoms with Crippen LogP contribution in [0, 0.1) is 12.3 Å². The van der Waals surface area contributed by atoms with E-state index in [1.54, 1.807) is 0 Å². The molecule has 0 saturated carbocycles. The number of aryl methyl sites for hydroxylation is 1. The topological polar surface area (TPSA) is 17.1 Å². The Hall–Kier alpha value is -1.11. The summed E-state index contributed by atoms with van der Waals surface area (Å²) in [6.45, 7) is 14.9. The second-order valence-corrected chi connectivity index (χ2v) is 7.44. The van der Waals surface area contributed by atoms with Crippen LogP contribution in [-0.4, -0.2) is 5.78 Å². The number of carbonyl (C=O) groups excluding carboxylic acids is 1. The molecule has 0 spiro atoms. The lowest BCUT2D eigenvalue weighted by molar-refractivity contribution is 0.0939. The smallest absolute Gasteiger partial charge is 0.163 e. The number of benzene rings is 1. The average molecular weight is 246 g/mol. The van der Waals surface area contributed by atoms with Gasteiger partial charge < -0.3 is 0 Å². The van der Waals surface area contributed by atoms with Crippen molar-refractivity contribution >= 4 is 5.78 Å². The van der Waals surface area contributed by atoms with Crippen molar-refractivity contribution in [2.75, 3.05) is 0 Å². The first-order chi connectivity index (χ1) is 8.00. The van der Waals surface area contributed by atoms with E-state index < -0.39 is 0 Å². The van der Waals surface area contributed by atoms with Crippen molar-refractivity contribution in [2.24, 2.45) is 5.41 Å². The summed E-state index contributed by atoms with van der Waals surface area (Å²) >= 11 is 0. The summed E-state index contributed by atoms with van der Waals surface area (Å²) in [6, 6.07) is 6.22. The number of ketones is 1. The molecule has 0 amide bonds. The fourth-order valence-corrected chi connectivity index (χ4v) is 2.02. The third kappa shape index (κ3) is 3.97. The van der Waals surface area contributed by atoms with Gasteiger partial charge in [0.1, 0.15) is 0 Å². The molecular weight excluding hydrogens is 220 g/mol. The Labute approximate surface area is 112 Å². The minimum atomic E-state index is 0.0478. The number of hydrogen-bond donors (Lipinski definition) is 0. The Kier molecular flexibility index (Phi) is 4.05. The molecule has 1 aromatic carbocycles. The molecule has 0 fully saturated rings. The van der Waals surface area contributed by atoms with Gasteiger partial charge in [-0.05, 0) is 28.9 Å². The van der Waals surface area contributed by atoms with Gasteiger partial charge >= 0.3 is 0 Å². The quantitative estimate of drug-likeness (QED) is 0.677. The fourth-order valence-electron chi connectivity index (χ4n) is 2.02. The Morgan fingerprint density at radius 1 is 1.06 bits per heavy atom. The van der Waals surface area contributed by atoms with Crippen LogP contribution in [-0.2, 0) is 5.41 Å². The highest BCUT2D eigenvalue weighted by Gasteiger charge is 2.20. The van der Waals surface area contributed by atoms with Gasteiger partial charge in [-0.25, -0.2) is 0 Å². The molecule has 0 atom stereocenters. The predicted octanol–water partition coefficient (Wildman–Crippen LogP) is 4.91. The van der Waals surface area contributed by atoms with Crippen LogP contribution < -0.4 is 0 Å². The van der Waals surface area contributed by atoms with Gasteiger partial charge in [-0.1, -0.05) is 59.7 Å². The second kappa shape index (κ2) is 4.87. The molecule has 0 aromatic heterocycles. The van der Waals surface area contributed by atoms with Crippen molar-refractivity contribution in [3.8, 4) is 0 Å². The molecule has 0 bridgehead atoms. The van der Waals surface area contributed by atoms with Crippen molar-refractivity contribution < 1.29 is 4.79 Å². The van der Waals surface area contributed by atoms with E-state index in [0.717, 1.165) is 11.1 Å². The molecule has 18 heavy (non-hydrogen) atoms. The van der Waals surface area contributed by atoms with Crippen LogP contribution in [0.2, 0.25) is 0 Å². The summed E-state index contributed by atoms with van der Waals surface area (Å²) in [6.07, 6.45) is 0.600. The third-order valence-electron chi connectivity index (χ3n) is 3.08. The van der Waals surface area contributed by atoms with Crippen LogP contribution in [0.3, 0.4) is 0 Å². The second-order valence-electron chi connectivity index (χ2n) is 7.44. The Morgan fingerprint density at radius 2 is 1.61 bits per heavy atom. The van der Waals surface area contributed by atoms with E-state index >= 15 is 0 Å². The van der Waals surface area contributed by atoms with E-state index in [1.807, 2.05) is 13.0 Å². The minimum Gasteiger partial charge on any atom is -0.294 e. The molecule has 0 heterocycles. The maximum absolute atomic E-state index is 12.2. The van der Waals surface area contributed by atoms with Gasteiger partial charge in [0, 0.05) is 12.0 Å². The average Bonchev–Trinajstić information content (AvgIpc) is 2.12. The molecule has 0 aliphatic carbocycles. The Balaban J connectivity index is 3.03. The van der Waals surface area contributed by atoms with Crippen LogP contribution in [0.15, 0.2) is 18.2 Å². The van der Waals surface area contributed by atoms with Gasteiger partial charge in [-0.15, -0.1) is 0 Å². The molecule has 0 aliphatic heterocycles. The summed E-state index contributed by atoms with van der Waals surface area (Å²) in [7, 11) is 0. The molecule has 0 radical (unpaired) electrons. The minimum absolute atomic E-state index is 0.0478. The van der Waals surface area contributed by atoms with Gasteiger partial charge in [-0.2, -0.15) is 0 Å². The number of rotatable bonds is 2. The molecule has 1 heteroatoms. The third-order valence-corrected chi connectivity index (χ3v) is 3.08. The fraction of sp³-hybridized carbons (Fsp3) is 0.588. The van der Waals surface area contributed by atoms with E-state index in [-0.39, 0.29) is 16.6 Å². The van der Waals surface area contributed by atoms with Crippen molar-refractivity contribution in [2.45, 2.75) is 60.3 Å². The maximum Gasteiger partial charge on any atom is 0.163 e. The summed E-state index contributed by atoms with van der Waals surface area (Å²) in [5.74, 6) is 0.250. The summed E-state index contributed by atoms with van der Waals surface area (Å²) in [4.78, 5) is 12.2. The summed E-state index contributed by atoms with van der Waals surface area (Å²) < 4.78 is 0. The van der Waals surface area contributed by atoms with E-state index in [2.05, 4.69) is 53.7 Å². The molecule has 0 aliphatic rings. The van der Waals surface area contributed by atoms with E-state index in [1.165, 1.54) is 5.56 Å². The first kappa shape index (κ1) is 14.9. The van der Waals surface area contributed by atoms with Crippen molar-refractivity contribution in [1.82, 2.24) is 0 Å². The first-order valence-corrected chi connectivity index (χ1v) is 6.65. The molecular formula is C17H26O. The van der Waals surface area contributed by atoms with Crippen molar-refractivity contribution in [3.63, 3.8) is 0 Å². The van der Waals surface area contributed by atoms with Crippen LogP contribution in [0.4, 0.5) is 0 Å². The van der Waals surface area contributed by atoms with Crippen LogP contribution in [0.1, 0.15) is 69.4 Å². The highest BCUT2D eigenvalue weighted by atomic mass is 16.1. The highest BCUT2D eigenvalue weighted by molar-refractivity contribution is 5.97. The van der Waals surface area contributed by atoms with Gasteiger partial charge in [0.05, 0.1) is 0 Å². The number of hydrogen-bond acceptors (Lipinski definition) is 1. The Bertz CT molecular complexity index is 442. The summed E-state index contributed by atoms with van der Waals surface area (Å²) in [5.41, 5.74) is 3.43.